The van der Waals surface area contributed by atoms with E-state index in [-0.39, 0.29) is 0 Å². The van der Waals surface area contributed by atoms with E-state index in [4.69, 9.17) is 11.6 Å². The van der Waals surface area contributed by atoms with Crippen LogP contribution in [0, 0.1) is 6.92 Å². The summed E-state index contributed by atoms with van der Waals surface area (Å²) in [6, 6.07) is 12.6. The second kappa shape index (κ2) is 6.69. The minimum atomic E-state index is 0.313. The predicted octanol–water partition coefficient (Wildman–Crippen LogP) is 3.94. The molecule has 2 rings (SSSR count). The highest BCUT2D eigenvalue weighted by Crippen LogP contribution is 2.20. The van der Waals surface area contributed by atoms with Crippen molar-refractivity contribution in [1.82, 2.24) is 10.3 Å². The molecule has 100 valence electrons. The monoisotopic (exact) mass is 274 g/mol. The van der Waals surface area contributed by atoms with Gasteiger partial charge >= 0.3 is 0 Å². The Morgan fingerprint density at radius 1 is 1.21 bits per heavy atom. The minimum Gasteiger partial charge on any atom is -0.310 e. The van der Waals surface area contributed by atoms with E-state index in [1.807, 2.05) is 25.3 Å². The summed E-state index contributed by atoms with van der Waals surface area (Å²) in [5, 5.41) is 4.31. The fraction of sp³-hybridized carbons (Fsp3) is 0.312. The molecule has 0 spiro atoms. The highest BCUT2D eigenvalue weighted by molar-refractivity contribution is 6.30. The number of halogens is 1. The van der Waals surface area contributed by atoms with Crippen molar-refractivity contribution in [1.29, 1.82) is 0 Å². The number of hydrogen-bond acceptors (Lipinski definition) is 2. The van der Waals surface area contributed by atoms with Crippen molar-refractivity contribution in [3.63, 3.8) is 0 Å². The van der Waals surface area contributed by atoms with Gasteiger partial charge in [-0.1, -0.05) is 30.7 Å². The number of nitrogens with one attached hydrogen (secondary N) is 1. The molecule has 1 heterocycles. The van der Waals surface area contributed by atoms with Crippen LogP contribution in [-0.2, 0) is 6.42 Å². The molecule has 19 heavy (non-hydrogen) atoms. The lowest BCUT2D eigenvalue weighted by atomic mass is 9.99. The van der Waals surface area contributed by atoms with Gasteiger partial charge in [0.25, 0.3) is 0 Å². The van der Waals surface area contributed by atoms with Gasteiger partial charge in [0.15, 0.2) is 0 Å². The molecule has 0 amide bonds. The maximum absolute atomic E-state index is 5.92. The van der Waals surface area contributed by atoms with Crippen molar-refractivity contribution in [3.8, 4) is 0 Å². The quantitative estimate of drug-likeness (QED) is 0.893. The highest BCUT2D eigenvalue weighted by Gasteiger charge is 2.11. The molecule has 1 N–H and O–H groups in total. The van der Waals surface area contributed by atoms with Crippen molar-refractivity contribution in [2.75, 3.05) is 6.54 Å². The summed E-state index contributed by atoms with van der Waals surface area (Å²) in [4.78, 5) is 4.26. The standard InChI is InChI=1S/C16H19ClN2/c1-3-18-16(14-8-9-19-12(2)10-14)11-13-4-6-15(17)7-5-13/h4-10,16,18H,3,11H2,1-2H3. The molecule has 0 aliphatic heterocycles. The third-order valence-electron chi connectivity index (χ3n) is 3.13. The molecule has 2 aromatic rings. The normalized spacial score (nSPS) is 12.4. The number of likely N-dealkylation sites (N-methyl/N-ethyl adjacent to an activating group) is 1. The Morgan fingerprint density at radius 2 is 1.95 bits per heavy atom. The van der Waals surface area contributed by atoms with Crippen LogP contribution in [0.3, 0.4) is 0 Å². The van der Waals surface area contributed by atoms with Crippen LogP contribution in [0.2, 0.25) is 5.02 Å². The van der Waals surface area contributed by atoms with Gasteiger partial charge in [-0.2, -0.15) is 0 Å². The lowest BCUT2D eigenvalue weighted by molar-refractivity contribution is 0.549. The van der Waals surface area contributed by atoms with Crippen molar-refractivity contribution < 1.29 is 0 Å². The zero-order valence-electron chi connectivity index (χ0n) is 11.4. The van der Waals surface area contributed by atoms with Gasteiger partial charge in [0.1, 0.15) is 0 Å². The zero-order chi connectivity index (χ0) is 13.7. The molecule has 0 saturated heterocycles. The Hall–Kier alpha value is -1.38. The van der Waals surface area contributed by atoms with E-state index in [1.54, 1.807) is 0 Å². The summed E-state index contributed by atoms with van der Waals surface area (Å²) in [7, 11) is 0. The average molecular weight is 275 g/mol. The summed E-state index contributed by atoms with van der Waals surface area (Å²) in [6.07, 6.45) is 2.82. The van der Waals surface area contributed by atoms with Crippen LogP contribution >= 0.6 is 11.6 Å². The molecule has 0 bridgehead atoms. The molecular formula is C16H19ClN2. The summed E-state index contributed by atoms with van der Waals surface area (Å²) in [5.74, 6) is 0. The first-order chi connectivity index (χ1) is 9.19. The second-order valence-electron chi connectivity index (χ2n) is 4.67. The highest BCUT2D eigenvalue weighted by atomic mass is 35.5. The summed E-state index contributed by atoms with van der Waals surface area (Å²) < 4.78 is 0. The molecule has 0 saturated carbocycles. The number of benzene rings is 1. The van der Waals surface area contributed by atoms with E-state index in [0.717, 1.165) is 23.7 Å². The number of rotatable bonds is 5. The molecule has 1 unspecified atom stereocenters. The van der Waals surface area contributed by atoms with Crippen molar-refractivity contribution in [2.24, 2.45) is 0 Å². The molecule has 2 nitrogen and oxygen atoms in total. The smallest absolute Gasteiger partial charge is 0.0406 e. The summed E-state index contributed by atoms with van der Waals surface area (Å²) in [6.45, 7) is 5.09. The lowest BCUT2D eigenvalue weighted by Gasteiger charge is -2.19. The van der Waals surface area contributed by atoms with Gasteiger partial charge in [-0.3, -0.25) is 4.98 Å². The summed E-state index contributed by atoms with van der Waals surface area (Å²) >= 11 is 5.92. The van der Waals surface area contributed by atoms with Crippen LogP contribution in [0.25, 0.3) is 0 Å². The predicted molar refractivity (Wildman–Crippen MR) is 80.5 cm³/mol. The van der Waals surface area contributed by atoms with E-state index in [9.17, 15) is 0 Å². The molecule has 0 aliphatic carbocycles. The van der Waals surface area contributed by atoms with Gasteiger partial charge < -0.3 is 5.32 Å². The van der Waals surface area contributed by atoms with Gasteiger partial charge in [0.05, 0.1) is 0 Å². The molecule has 0 fully saturated rings. The van der Waals surface area contributed by atoms with Gasteiger partial charge in [-0.05, 0) is 55.3 Å². The molecule has 0 aliphatic rings. The van der Waals surface area contributed by atoms with Crippen molar-refractivity contribution >= 4 is 11.6 Å². The Kier molecular flexibility index (Phi) is 4.94. The molecule has 1 aromatic carbocycles. The van der Waals surface area contributed by atoms with Crippen LogP contribution in [-0.4, -0.2) is 11.5 Å². The van der Waals surface area contributed by atoms with Gasteiger partial charge in [0.2, 0.25) is 0 Å². The Bertz CT molecular complexity index is 523. The maximum atomic E-state index is 5.92. The van der Waals surface area contributed by atoms with Crippen LogP contribution in [0.4, 0.5) is 0 Å². The maximum Gasteiger partial charge on any atom is 0.0406 e. The fourth-order valence-electron chi connectivity index (χ4n) is 2.19. The van der Waals surface area contributed by atoms with Crippen LogP contribution in [0.1, 0.15) is 29.8 Å². The van der Waals surface area contributed by atoms with Crippen molar-refractivity contribution in [3.05, 3.63) is 64.4 Å². The van der Waals surface area contributed by atoms with Crippen molar-refractivity contribution in [2.45, 2.75) is 26.3 Å². The fourth-order valence-corrected chi connectivity index (χ4v) is 2.32. The van der Waals surface area contributed by atoms with E-state index in [2.05, 4.69) is 41.5 Å². The first kappa shape index (κ1) is 14.0. The molecule has 1 aromatic heterocycles. The number of pyridine rings is 1. The van der Waals surface area contributed by atoms with Gasteiger partial charge in [-0.15, -0.1) is 0 Å². The Labute approximate surface area is 119 Å². The zero-order valence-corrected chi connectivity index (χ0v) is 12.1. The molecule has 3 heteroatoms. The van der Waals surface area contributed by atoms with E-state index >= 15 is 0 Å². The first-order valence-corrected chi connectivity index (χ1v) is 6.97. The third-order valence-corrected chi connectivity index (χ3v) is 3.38. The third kappa shape index (κ3) is 4.05. The second-order valence-corrected chi connectivity index (χ2v) is 5.11. The number of nitrogens with zero attached hydrogens (tertiary/aromatic N) is 1. The molecular weight excluding hydrogens is 256 g/mol. The van der Waals surface area contributed by atoms with Crippen LogP contribution in [0.15, 0.2) is 42.6 Å². The van der Waals surface area contributed by atoms with E-state index in [1.165, 1.54) is 11.1 Å². The minimum absolute atomic E-state index is 0.313. The SMILES string of the molecule is CCNC(Cc1ccc(Cl)cc1)c1ccnc(C)c1. The average Bonchev–Trinajstić information content (AvgIpc) is 2.41. The lowest BCUT2D eigenvalue weighted by Crippen LogP contribution is -2.23. The Balaban J connectivity index is 2.18. The van der Waals surface area contributed by atoms with E-state index in [0.29, 0.717) is 6.04 Å². The van der Waals surface area contributed by atoms with Gasteiger partial charge in [-0.25, -0.2) is 0 Å². The molecule has 0 radical (unpaired) electrons. The Morgan fingerprint density at radius 3 is 2.58 bits per heavy atom. The molecule has 1 atom stereocenters. The number of aryl methyl sites for hydroxylation is 1. The topological polar surface area (TPSA) is 24.9 Å². The van der Waals surface area contributed by atoms with Gasteiger partial charge in [0, 0.05) is 23.0 Å². The first-order valence-electron chi connectivity index (χ1n) is 6.59. The summed E-state index contributed by atoms with van der Waals surface area (Å²) in [5.41, 5.74) is 3.62. The number of aromatic nitrogens is 1. The largest absolute Gasteiger partial charge is 0.310 e. The van der Waals surface area contributed by atoms with Crippen LogP contribution in [0.5, 0.6) is 0 Å². The number of hydrogen-bond donors (Lipinski definition) is 1. The van der Waals surface area contributed by atoms with E-state index < -0.39 is 0 Å². The van der Waals surface area contributed by atoms with Crippen LogP contribution < -0.4 is 5.32 Å².